The van der Waals surface area contributed by atoms with Crippen molar-refractivity contribution in [2.75, 3.05) is 159 Å². The van der Waals surface area contributed by atoms with Crippen LogP contribution in [-0.2, 0) is 16.0 Å². The summed E-state index contributed by atoms with van der Waals surface area (Å²) in [5.74, 6) is 4.06. The summed E-state index contributed by atoms with van der Waals surface area (Å²) in [6.45, 7) is 17.7. The third-order valence-corrected chi connectivity index (χ3v) is 12.9. The van der Waals surface area contributed by atoms with Crippen LogP contribution in [0.4, 0.5) is 23.3 Å². The maximum Gasteiger partial charge on any atom is 0.186 e. The number of morpholine rings is 2. The minimum Gasteiger partial charge on any atom is -0.379 e. The van der Waals surface area contributed by atoms with Crippen LogP contribution in [0, 0.1) is 0 Å². The Bertz CT molecular complexity index is 2530. The lowest BCUT2D eigenvalue weighted by Crippen LogP contribution is -2.46. The Hall–Kier alpha value is -5.47. The summed E-state index contributed by atoms with van der Waals surface area (Å²) in [5.41, 5.74) is 5.45. The molecule has 4 saturated heterocycles. The van der Waals surface area contributed by atoms with E-state index in [-0.39, 0.29) is 0 Å². The number of piperazine rings is 2. The van der Waals surface area contributed by atoms with Crippen molar-refractivity contribution in [2.24, 2.45) is 0 Å². The SMILES string of the molecule is CN1CCN(c2nc3nc(-c4ccc(CN5CCN(c6cnc7c(NCCN8CCOCC8)nc(-c8ccccc8)nc7n6)CC5)cc4)nc(NCCN4CCOCC4)c3nc2Cl)CC1. The van der Waals surface area contributed by atoms with Gasteiger partial charge in [-0.05, 0) is 12.6 Å². The van der Waals surface area contributed by atoms with Crippen LogP contribution in [0.5, 0.6) is 0 Å². The van der Waals surface area contributed by atoms with Crippen molar-refractivity contribution in [1.82, 2.24) is 59.5 Å². The Labute approximate surface area is 384 Å². The number of nitrogens with one attached hydrogen (secondary N) is 2. The van der Waals surface area contributed by atoms with Gasteiger partial charge >= 0.3 is 0 Å². The first-order valence-electron chi connectivity index (χ1n) is 22.9. The average Bonchev–Trinajstić information content (AvgIpc) is 3.35. The normalized spacial score (nSPS) is 18.4. The van der Waals surface area contributed by atoms with Crippen LogP contribution < -0.4 is 20.4 Å². The number of rotatable bonds is 14. The van der Waals surface area contributed by atoms with Crippen molar-refractivity contribution >= 4 is 57.2 Å². The maximum absolute atomic E-state index is 6.82. The van der Waals surface area contributed by atoms with E-state index in [0.29, 0.717) is 63.1 Å². The van der Waals surface area contributed by atoms with E-state index < -0.39 is 0 Å². The molecule has 0 aliphatic carbocycles. The summed E-state index contributed by atoms with van der Waals surface area (Å²) >= 11 is 6.82. The van der Waals surface area contributed by atoms with Gasteiger partial charge in [-0.2, -0.15) is 0 Å². The molecule has 0 saturated carbocycles. The molecule has 340 valence electrons. The molecule has 2 N–H and O–H groups in total. The number of hydrogen-bond acceptors (Lipinski definition) is 18. The van der Waals surface area contributed by atoms with Crippen molar-refractivity contribution in [3.8, 4) is 22.8 Å². The number of ether oxygens (including phenoxy) is 2. The molecular formula is C46H57ClN16O2. The maximum atomic E-state index is 6.82. The van der Waals surface area contributed by atoms with Crippen LogP contribution in [0.3, 0.4) is 0 Å². The molecule has 65 heavy (non-hydrogen) atoms. The zero-order valence-electron chi connectivity index (χ0n) is 37.1. The molecule has 4 aromatic heterocycles. The first-order valence-corrected chi connectivity index (χ1v) is 23.3. The first-order chi connectivity index (χ1) is 32.0. The number of anilines is 4. The van der Waals surface area contributed by atoms with Crippen LogP contribution in [0.1, 0.15) is 5.56 Å². The van der Waals surface area contributed by atoms with Gasteiger partial charge in [0.2, 0.25) is 0 Å². The lowest BCUT2D eigenvalue weighted by atomic mass is 10.1. The molecule has 4 aliphatic rings. The van der Waals surface area contributed by atoms with Gasteiger partial charge in [-0.25, -0.2) is 39.9 Å². The van der Waals surface area contributed by atoms with E-state index >= 15 is 0 Å². The molecule has 4 fully saturated rings. The van der Waals surface area contributed by atoms with Crippen LogP contribution in [-0.4, -0.2) is 198 Å². The van der Waals surface area contributed by atoms with E-state index in [2.05, 4.69) is 71.3 Å². The second-order valence-corrected chi connectivity index (χ2v) is 17.4. The predicted octanol–water partition coefficient (Wildman–Crippen LogP) is 3.70. The lowest BCUT2D eigenvalue weighted by molar-refractivity contribution is 0.0398. The molecule has 6 aromatic rings. The summed E-state index contributed by atoms with van der Waals surface area (Å²) < 4.78 is 11.1. The van der Waals surface area contributed by atoms with Gasteiger partial charge in [-0.15, -0.1) is 0 Å². The summed E-state index contributed by atoms with van der Waals surface area (Å²) in [6, 6.07) is 18.6. The van der Waals surface area contributed by atoms with E-state index in [4.69, 9.17) is 60.9 Å². The summed E-state index contributed by atoms with van der Waals surface area (Å²) in [7, 11) is 2.13. The minimum atomic E-state index is 0.370. The molecule has 19 heteroatoms. The van der Waals surface area contributed by atoms with Crippen molar-refractivity contribution in [2.45, 2.75) is 6.54 Å². The fourth-order valence-corrected chi connectivity index (χ4v) is 8.99. The standard InChI is InChI=1S/C46H57ClN16O2/c1-58-15-19-63(20-16-58)46-39(47)52-38-43(49-12-14-60-25-29-65-30-26-60)54-41(56-45(38)57-46)35-9-7-33(8-10-35)32-61-17-21-62(22-18-61)36-31-50-37-42(48-11-13-59-23-27-64-28-24-59)53-40(55-44(37)51-36)34-5-3-2-4-6-34/h2-10,31H,11-30,32H2,1H3,(H,48,51,53,55)(H,49,54,56,57). The molecule has 4 aliphatic heterocycles. The molecule has 0 bridgehead atoms. The highest BCUT2D eigenvalue weighted by Crippen LogP contribution is 2.30. The highest BCUT2D eigenvalue weighted by molar-refractivity contribution is 6.32. The van der Waals surface area contributed by atoms with E-state index in [1.807, 2.05) is 36.5 Å². The van der Waals surface area contributed by atoms with Crippen molar-refractivity contribution in [1.29, 1.82) is 0 Å². The fourth-order valence-electron chi connectivity index (χ4n) is 8.75. The van der Waals surface area contributed by atoms with E-state index in [9.17, 15) is 0 Å². The van der Waals surface area contributed by atoms with E-state index in [0.717, 1.165) is 148 Å². The van der Waals surface area contributed by atoms with Crippen LogP contribution >= 0.6 is 11.6 Å². The first kappa shape index (κ1) is 43.4. The molecule has 0 amide bonds. The Morgan fingerprint density at radius 1 is 0.554 bits per heavy atom. The van der Waals surface area contributed by atoms with Gasteiger partial charge in [0, 0.05) is 122 Å². The zero-order chi connectivity index (χ0) is 44.0. The Balaban J connectivity index is 0.815. The number of likely N-dealkylation sites (N-methyl/N-ethyl adjacent to an activating group) is 1. The predicted molar refractivity (Wildman–Crippen MR) is 255 cm³/mol. The van der Waals surface area contributed by atoms with Gasteiger partial charge < -0.3 is 34.8 Å². The smallest absolute Gasteiger partial charge is 0.186 e. The zero-order valence-corrected chi connectivity index (χ0v) is 37.8. The largest absolute Gasteiger partial charge is 0.379 e. The minimum absolute atomic E-state index is 0.370. The van der Waals surface area contributed by atoms with Crippen LogP contribution in [0.15, 0.2) is 60.8 Å². The number of nitrogens with zero attached hydrogens (tertiary/aromatic N) is 14. The van der Waals surface area contributed by atoms with Gasteiger partial charge in [0.1, 0.15) is 5.82 Å². The summed E-state index contributed by atoms with van der Waals surface area (Å²) in [6.07, 6.45) is 1.86. The quantitative estimate of drug-likeness (QED) is 0.163. The van der Waals surface area contributed by atoms with E-state index in [1.54, 1.807) is 0 Å². The Morgan fingerprint density at radius 2 is 1.12 bits per heavy atom. The Kier molecular flexibility index (Phi) is 13.6. The second kappa shape index (κ2) is 20.4. The molecule has 8 heterocycles. The van der Waals surface area contributed by atoms with Gasteiger partial charge in [-0.1, -0.05) is 66.2 Å². The fraction of sp³-hybridized carbons (Fsp3) is 0.478. The molecule has 10 rings (SSSR count). The molecular weight excluding hydrogens is 844 g/mol. The molecule has 2 aromatic carbocycles. The number of aromatic nitrogens is 8. The van der Waals surface area contributed by atoms with Crippen molar-refractivity contribution in [3.05, 3.63) is 71.5 Å². The van der Waals surface area contributed by atoms with Gasteiger partial charge in [0.25, 0.3) is 0 Å². The molecule has 18 nitrogen and oxygen atoms in total. The average molecular weight is 902 g/mol. The number of halogens is 1. The van der Waals surface area contributed by atoms with Gasteiger partial charge in [0.15, 0.2) is 56.6 Å². The third kappa shape index (κ3) is 10.5. The third-order valence-electron chi connectivity index (χ3n) is 12.7. The Morgan fingerprint density at radius 3 is 1.75 bits per heavy atom. The topological polar surface area (TPSA) is 165 Å². The molecule has 0 unspecified atom stereocenters. The molecule has 0 spiro atoms. The monoisotopic (exact) mass is 900 g/mol. The van der Waals surface area contributed by atoms with Crippen LogP contribution in [0.25, 0.3) is 45.1 Å². The van der Waals surface area contributed by atoms with Crippen LogP contribution in [0.2, 0.25) is 5.15 Å². The number of hydrogen-bond donors (Lipinski definition) is 2. The number of benzene rings is 2. The second-order valence-electron chi connectivity index (χ2n) is 17.1. The number of fused-ring (bicyclic) bond motifs is 2. The molecule has 0 atom stereocenters. The van der Waals surface area contributed by atoms with E-state index in [1.165, 1.54) is 5.56 Å². The van der Waals surface area contributed by atoms with Crippen molar-refractivity contribution in [3.63, 3.8) is 0 Å². The van der Waals surface area contributed by atoms with Gasteiger partial charge in [-0.3, -0.25) is 14.7 Å². The van der Waals surface area contributed by atoms with Crippen molar-refractivity contribution < 1.29 is 9.47 Å². The highest BCUT2D eigenvalue weighted by Gasteiger charge is 2.24. The lowest BCUT2D eigenvalue weighted by Gasteiger charge is -2.35. The van der Waals surface area contributed by atoms with Gasteiger partial charge in [0.05, 0.1) is 32.6 Å². The highest BCUT2D eigenvalue weighted by atomic mass is 35.5. The summed E-state index contributed by atoms with van der Waals surface area (Å²) in [4.78, 5) is 53.7. The molecule has 0 radical (unpaired) electrons. The summed E-state index contributed by atoms with van der Waals surface area (Å²) in [5, 5.41) is 7.46.